The van der Waals surface area contributed by atoms with Gasteiger partial charge in [-0.25, -0.2) is 10.5 Å². The zero-order chi connectivity index (χ0) is 26.9. The molecule has 0 spiro atoms. The largest absolute Gasteiger partial charge is 0.494 e. The smallest absolute Gasteiger partial charge is 0.278 e. The summed E-state index contributed by atoms with van der Waals surface area (Å²) in [5, 5.41) is 16.4. The third-order valence-corrected chi connectivity index (χ3v) is 8.13. The maximum absolute atomic E-state index is 12.9. The number of carbonyl (C=O) groups excluding carboxylic acids is 1. The Morgan fingerprint density at radius 3 is 2.38 bits per heavy atom. The number of aromatic nitrogens is 1. The standard InChI is InChI=1S/C31H34N4O4/c1-32-26-17-24-23(26)13-14-25-27(24)28(31(36)35-37)30(38-2)29(34-25)20-5-3-18(4-6-20)19-7-11-22(12-8-19)39-16-15-33-21-9-10-21/h3-8,11-14,21,23-24,26,32-33,37H,9-10,15-17H2,1-2H3,(H,35,36)/t23?,24-,26?/m0/s1. The molecule has 3 aromatic rings. The Morgan fingerprint density at radius 1 is 1.05 bits per heavy atom. The van der Waals surface area contributed by atoms with Gasteiger partial charge in [-0.1, -0.05) is 42.5 Å². The van der Waals surface area contributed by atoms with Crippen molar-refractivity contribution in [1.82, 2.24) is 21.1 Å². The number of nitrogens with one attached hydrogen (secondary N) is 3. The predicted octanol–water partition coefficient (Wildman–Crippen LogP) is 4.39. The second-order valence-electron chi connectivity index (χ2n) is 10.5. The van der Waals surface area contributed by atoms with E-state index in [0.29, 0.717) is 35.7 Å². The molecule has 39 heavy (non-hydrogen) atoms. The van der Waals surface area contributed by atoms with Gasteiger partial charge in [0.15, 0.2) is 5.75 Å². The van der Waals surface area contributed by atoms with Crippen molar-refractivity contribution in [3.8, 4) is 33.9 Å². The molecule has 2 fully saturated rings. The van der Waals surface area contributed by atoms with Crippen LogP contribution in [0, 0.1) is 5.92 Å². The van der Waals surface area contributed by atoms with E-state index in [9.17, 15) is 10.0 Å². The van der Waals surface area contributed by atoms with Gasteiger partial charge < -0.3 is 20.1 Å². The lowest BCUT2D eigenvalue weighted by Gasteiger charge is -2.46. The van der Waals surface area contributed by atoms with E-state index in [1.54, 1.807) is 0 Å². The van der Waals surface area contributed by atoms with Gasteiger partial charge in [0.05, 0.1) is 18.4 Å². The minimum absolute atomic E-state index is 0.147. The van der Waals surface area contributed by atoms with Crippen LogP contribution in [0.3, 0.4) is 0 Å². The van der Waals surface area contributed by atoms with Crippen LogP contribution in [0.4, 0.5) is 0 Å². The van der Waals surface area contributed by atoms with Crippen LogP contribution in [0.1, 0.15) is 46.8 Å². The number of methoxy groups -OCH3 is 1. The normalized spacial score (nSPS) is 20.9. The van der Waals surface area contributed by atoms with E-state index < -0.39 is 5.91 Å². The zero-order valence-corrected chi connectivity index (χ0v) is 22.2. The average molecular weight is 527 g/mol. The molecule has 1 amide bonds. The van der Waals surface area contributed by atoms with Gasteiger partial charge in [0.2, 0.25) is 0 Å². The first-order valence-electron chi connectivity index (χ1n) is 13.6. The summed E-state index contributed by atoms with van der Waals surface area (Å²) in [6.07, 6.45) is 7.59. The molecule has 6 rings (SSSR count). The number of amides is 1. The van der Waals surface area contributed by atoms with Crippen molar-refractivity contribution in [3.05, 3.63) is 71.4 Å². The van der Waals surface area contributed by atoms with Crippen molar-refractivity contribution in [2.75, 3.05) is 27.3 Å². The van der Waals surface area contributed by atoms with Crippen molar-refractivity contribution < 1.29 is 19.5 Å². The van der Waals surface area contributed by atoms with E-state index in [1.165, 1.54) is 20.0 Å². The molecule has 0 radical (unpaired) electrons. The Kier molecular flexibility index (Phi) is 7.08. The average Bonchev–Trinajstić information content (AvgIpc) is 3.79. The van der Waals surface area contributed by atoms with Gasteiger partial charge in [-0.05, 0) is 73.0 Å². The highest BCUT2D eigenvalue weighted by molar-refractivity contribution is 6.01. The van der Waals surface area contributed by atoms with Crippen LogP contribution in [0.15, 0.2) is 54.6 Å². The fourth-order valence-corrected chi connectivity index (χ4v) is 5.83. The molecule has 8 nitrogen and oxygen atoms in total. The predicted molar refractivity (Wildman–Crippen MR) is 150 cm³/mol. The second kappa shape index (κ2) is 10.8. The first-order valence-corrected chi connectivity index (χ1v) is 13.6. The van der Waals surface area contributed by atoms with E-state index >= 15 is 0 Å². The van der Waals surface area contributed by atoms with Crippen LogP contribution in [0.5, 0.6) is 11.5 Å². The molecule has 0 bridgehead atoms. The van der Waals surface area contributed by atoms with Crippen molar-refractivity contribution in [2.45, 2.75) is 37.3 Å². The molecule has 8 heteroatoms. The summed E-state index contributed by atoms with van der Waals surface area (Å²) in [7, 11) is 3.49. The molecule has 3 aliphatic rings. The number of pyridine rings is 1. The third kappa shape index (κ3) is 4.91. The quantitative estimate of drug-likeness (QED) is 0.176. The minimum atomic E-state index is -0.587. The zero-order valence-electron chi connectivity index (χ0n) is 22.2. The van der Waals surface area contributed by atoms with E-state index in [0.717, 1.165) is 46.7 Å². The number of ether oxygens (including phenoxy) is 2. The number of benzene rings is 2. The molecule has 1 heterocycles. The van der Waals surface area contributed by atoms with E-state index in [1.807, 2.05) is 55.0 Å². The summed E-state index contributed by atoms with van der Waals surface area (Å²) in [5.41, 5.74) is 7.28. The van der Waals surface area contributed by atoms with Crippen LogP contribution in [-0.2, 0) is 0 Å². The SMILES string of the molecule is CNC1C[C@@H]2c3c(nc(-c4ccc(-c5ccc(OCCNC6CC6)cc5)cc4)c(OC)c3C(=O)NO)C=CC12. The van der Waals surface area contributed by atoms with E-state index in [2.05, 4.69) is 28.8 Å². The summed E-state index contributed by atoms with van der Waals surface area (Å²) >= 11 is 0. The fraction of sp³-hybridized carbons (Fsp3) is 0.355. The first kappa shape index (κ1) is 25.6. The van der Waals surface area contributed by atoms with Crippen LogP contribution < -0.4 is 25.6 Å². The lowest BCUT2D eigenvalue weighted by Crippen LogP contribution is -2.48. The Morgan fingerprint density at radius 2 is 1.74 bits per heavy atom. The minimum Gasteiger partial charge on any atom is -0.494 e. The maximum atomic E-state index is 12.9. The molecule has 2 saturated carbocycles. The van der Waals surface area contributed by atoms with Gasteiger partial charge in [0.1, 0.15) is 18.1 Å². The van der Waals surface area contributed by atoms with Gasteiger partial charge in [-0.15, -0.1) is 0 Å². The summed E-state index contributed by atoms with van der Waals surface area (Å²) in [4.78, 5) is 17.9. The van der Waals surface area contributed by atoms with Gasteiger partial charge in [-0.2, -0.15) is 0 Å². The van der Waals surface area contributed by atoms with Crippen molar-refractivity contribution in [1.29, 1.82) is 0 Å². The molecule has 0 saturated heterocycles. The summed E-state index contributed by atoms with van der Waals surface area (Å²) in [6, 6.07) is 17.2. The first-order chi connectivity index (χ1) is 19.1. The molecule has 202 valence electrons. The number of carbonyl (C=O) groups is 1. The van der Waals surface area contributed by atoms with Crippen molar-refractivity contribution in [3.63, 3.8) is 0 Å². The number of fused-ring (bicyclic) bond motifs is 3. The summed E-state index contributed by atoms with van der Waals surface area (Å²) < 4.78 is 11.6. The van der Waals surface area contributed by atoms with Gasteiger partial charge in [0.25, 0.3) is 5.91 Å². The Hall–Kier alpha value is -3.72. The topological polar surface area (TPSA) is 105 Å². The molecular weight excluding hydrogens is 492 g/mol. The summed E-state index contributed by atoms with van der Waals surface area (Å²) in [6.45, 7) is 1.52. The molecule has 1 aromatic heterocycles. The Labute approximate surface area is 228 Å². The van der Waals surface area contributed by atoms with Gasteiger partial charge in [-0.3, -0.25) is 10.0 Å². The number of hydrogen-bond acceptors (Lipinski definition) is 7. The van der Waals surface area contributed by atoms with E-state index in [-0.39, 0.29) is 11.8 Å². The molecular formula is C31H34N4O4. The summed E-state index contributed by atoms with van der Waals surface area (Å²) in [5.74, 6) is 1.06. The van der Waals surface area contributed by atoms with Crippen LogP contribution in [-0.4, -0.2) is 55.5 Å². The van der Waals surface area contributed by atoms with Crippen LogP contribution in [0.25, 0.3) is 28.5 Å². The van der Waals surface area contributed by atoms with Crippen LogP contribution >= 0.6 is 0 Å². The molecule has 3 atom stereocenters. The highest BCUT2D eigenvalue weighted by atomic mass is 16.5. The maximum Gasteiger partial charge on any atom is 0.278 e. The molecule has 2 aromatic carbocycles. The number of rotatable bonds is 10. The molecule has 3 aliphatic carbocycles. The number of hydrogen-bond donors (Lipinski definition) is 4. The second-order valence-corrected chi connectivity index (χ2v) is 10.5. The number of hydroxylamine groups is 1. The van der Waals surface area contributed by atoms with Gasteiger partial charge >= 0.3 is 0 Å². The van der Waals surface area contributed by atoms with Gasteiger partial charge in [0, 0.05) is 24.2 Å². The van der Waals surface area contributed by atoms with E-state index in [4.69, 9.17) is 14.5 Å². The highest BCUT2D eigenvalue weighted by Gasteiger charge is 2.45. The lowest BCUT2D eigenvalue weighted by molar-refractivity contribution is 0.0698. The Balaban J connectivity index is 1.26. The third-order valence-electron chi connectivity index (χ3n) is 8.13. The fourth-order valence-electron chi connectivity index (χ4n) is 5.83. The number of nitrogens with zero attached hydrogens (tertiary/aromatic N) is 1. The van der Waals surface area contributed by atoms with Crippen molar-refractivity contribution >= 4 is 12.0 Å². The molecule has 0 aliphatic heterocycles. The lowest BCUT2D eigenvalue weighted by atomic mass is 9.62. The molecule has 2 unspecified atom stereocenters. The Bertz CT molecular complexity index is 1380. The van der Waals surface area contributed by atoms with Crippen LogP contribution in [0.2, 0.25) is 0 Å². The monoisotopic (exact) mass is 526 g/mol. The van der Waals surface area contributed by atoms with Crippen molar-refractivity contribution in [2.24, 2.45) is 5.92 Å². The molecule has 4 N–H and O–H groups in total. The highest BCUT2D eigenvalue weighted by Crippen LogP contribution is 2.51.